The predicted octanol–water partition coefficient (Wildman–Crippen LogP) is 3.91. The lowest BCUT2D eigenvalue weighted by Gasteiger charge is -2.10. The van der Waals surface area contributed by atoms with Crippen LogP contribution in [0, 0.1) is 5.82 Å². The number of aryl methyl sites for hydroxylation is 1. The minimum absolute atomic E-state index is 0.131. The molecule has 0 fully saturated rings. The molecular formula is C11H14BrClFN. The van der Waals surface area contributed by atoms with Crippen molar-refractivity contribution in [3.8, 4) is 0 Å². The van der Waals surface area contributed by atoms with Crippen molar-refractivity contribution in [3.63, 3.8) is 0 Å². The molecule has 0 aliphatic heterocycles. The average molecular weight is 295 g/mol. The van der Waals surface area contributed by atoms with Crippen molar-refractivity contribution in [1.29, 1.82) is 0 Å². The van der Waals surface area contributed by atoms with Gasteiger partial charge in [-0.15, -0.1) is 0 Å². The molecule has 0 heterocycles. The van der Waals surface area contributed by atoms with E-state index in [1.54, 1.807) is 12.1 Å². The Morgan fingerprint density at radius 2 is 2.20 bits per heavy atom. The van der Waals surface area contributed by atoms with Crippen molar-refractivity contribution >= 4 is 27.5 Å². The van der Waals surface area contributed by atoms with Crippen molar-refractivity contribution < 1.29 is 4.39 Å². The van der Waals surface area contributed by atoms with Crippen LogP contribution in [-0.2, 0) is 6.42 Å². The Kier molecular flexibility index (Phi) is 5.03. The van der Waals surface area contributed by atoms with Crippen LogP contribution in [0.25, 0.3) is 0 Å². The molecule has 0 spiro atoms. The zero-order valence-electron chi connectivity index (χ0n) is 8.56. The van der Waals surface area contributed by atoms with Crippen LogP contribution < -0.4 is 5.73 Å². The van der Waals surface area contributed by atoms with Gasteiger partial charge in [0.25, 0.3) is 0 Å². The van der Waals surface area contributed by atoms with Crippen LogP contribution in [0.15, 0.2) is 16.6 Å². The fraction of sp³-hybridized carbons (Fsp3) is 0.455. The van der Waals surface area contributed by atoms with Crippen molar-refractivity contribution in [2.24, 2.45) is 5.73 Å². The molecule has 0 radical (unpaired) electrons. The lowest BCUT2D eigenvalue weighted by molar-refractivity contribution is 0.566. The van der Waals surface area contributed by atoms with E-state index >= 15 is 0 Å². The largest absolute Gasteiger partial charge is 0.328 e. The third kappa shape index (κ3) is 3.44. The number of rotatable bonds is 4. The minimum Gasteiger partial charge on any atom is -0.328 e. The molecule has 1 aromatic carbocycles. The van der Waals surface area contributed by atoms with Crippen LogP contribution in [0.1, 0.15) is 25.3 Å². The smallest absolute Gasteiger partial charge is 0.146 e. The van der Waals surface area contributed by atoms with E-state index in [1.807, 2.05) is 6.92 Å². The zero-order valence-corrected chi connectivity index (χ0v) is 10.9. The van der Waals surface area contributed by atoms with Gasteiger partial charge in [-0.05, 0) is 46.8 Å². The number of halogens is 3. The Bertz CT molecular complexity index is 344. The quantitative estimate of drug-likeness (QED) is 0.837. The van der Waals surface area contributed by atoms with Crippen LogP contribution in [0.3, 0.4) is 0 Å². The van der Waals surface area contributed by atoms with Gasteiger partial charge in [-0.3, -0.25) is 0 Å². The average Bonchev–Trinajstić information content (AvgIpc) is 2.24. The van der Waals surface area contributed by atoms with Gasteiger partial charge >= 0.3 is 0 Å². The van der Waals surface area contributed by atoms with Crippen LogP contribution in [0.4, 0.5) is 4.39 Å². The van der Waals surface area contributed by atoms with Gasteiger partial charge in [-0.1, -0.05) is 24.6 Å². The summed E-state index contributed by atoms with van der Waals surface area (Å²) in [6.07, 6.45) is 2.32. The number of hydrogen-bond donors (Lipinski definition) is 1. The highest BCUT2D eigenvalue weighted by Crippen LogP contribution is 2.28. The summed E-state index contributed by atoms with van der Waals surface area (Å²) in [7, 11) is 0. The Hall–Kier alpha value is -0.120. The van der Waals surface area contributed by atoms with Crippen molar-refractivity contribution in [2.75, 3.05) is 0 Å². The SMILES string of the molecule is CCC(N)CCc1ccc(Br)c(Cl)c1F. The maximum atomic E-state index is 13.6. The summed E-state index contributed by atoms with van der Waals surface area (Å²) >= 11 is 8.96. The molecule has 0 saturated carbocycles. The summed E-state index contributed by atoms with van der Waals surface area (Å²) in [5.74, 6) is -0.339. The Morgan fingerprint density at radius 1 is 1.53 bits per heavy atom. The van der Waals surface area contributed by atoms with Crippen LogP contribution >= 0.6 is 27.5 Å². The predicted molar refractivity (Wildman–Crippen MR) is 65.7 cm³/mol. The van der Waals surface area contributed by atoms with Gasteiger partial charge in [0.05, 0.1) is 5.02 Å². The first-order valence-corrected chi connectivity index (χ1v) is 6.11. The highest BCUT2D eigenvalue weighted by Gasteiger charge is 2.10. The molecule has 1 rings (SSSR count). The molecule has 1 unspecified atom stereocenters. The maximum absolute atomic E-state index is 13.6. The van der Waals surface area contributed by atoms with E-state index in [1.165, 1.54) is 0 Å². The van der Waals surface area contributed by atoms with E-state index in [4.69, 9.17) is 17.3 Å². The topological polar surface area (TPSA) is 26.0 Å². The summed E-state index contributed by atoms with van der Waals surface area (Å²) in [5.41, 5.74) is 6.41. The number of nitrogens with two attached hydrogens (primary N) is 1. The van der Waals surface area contributed by atoms with Gasteiger partial charge in [0.15, 0.2) is 0 Å². The van der Waals surface area contributed by atoms with Crippen molar-refractivity contribution in [1.82, 2.24) is 0 Å². The Morgan fingerprint density at radius 3 is 2.80 bits per heavy atom. The lowest BCUT2D eigenvalue weighted by Crippen LogP contribution is -2.19. The van der Waals surface area contributed by atoms with Crippen LogP contribution in [0.2, 0.25) is 5.02 Å². The molecule has 1 atom stereocenters. The van der Waals surface area contributed by atoms with Gasteiger partial charge in [0.2, 0.25) is 0 Å². The highest BCUT2D eigenvalue weighted by atomic mass is 79.9. The third-order valence-electron chi connectivity index (χ3n) is 2.42. The number of hydrogen-bond acceptors (Lipinski definition) is 1. The number of benzene rings is 1. The minimum atomic E-state index is -0.339. The van der Waals surface area contributed by atoms with E-state index in [2.05, 4.69) is 15.9 Å². The first-order valence-electron chi connectivity index (χ1n) is 4.94. The van der Waals surface area contributed by atoms with Crippen molar-refractivity contribution in [3.05, 3.63) is 33.0 Å². The molecule has 0 bridgehead atoms. The highest BCUT2D eigenvalue weighted by molar-refractivity contribution is 9.10. The molecule has 1 aromatic rings. The normalized spacial score (nSPS) is 12.9. The second-order valence-electron chi connectivity index (χ2n) is 3.54. The zero-order chi connectivity index (χ0) is 11.4. The van der Waals surface area contributed by atoms with E-state index in [0.717, 1.165) is 12.8 Å². The lowest BCUT2D eigenvalue weighted by atomic mass is 10.0. The van der Waals surface area contributed by atoms with E-state index in [9.17, 15) is 4.39 Å². The fourth-order valence-electron chi connectivity index (χ4n) is 1.30. The molecule has 84 valence electrons. The summed E-state index contributed by atoms with van der Waals surface area (Å²) in [5, 5.41) is 0.151. The molecule has 0 aliphatic rings. The van der Waals surface area contributed by atoms with Gasteiger partial charge in [0, 0.05) is 10.5 Å². The van der Waals surface area contributed by atoms with Crippen molar-refractivity contribution in [2.45, 2.75) is 32.2 Å². The Labute approximate surface area is 103 Å². The first-order chi connectivity index (χ1) is 7.06. The first kappa shape index (κ1) is 12.9. The summed E-state index contributed by atoms with van der Waals surface area (Å²) in [4.78, 5) is 0. The van der Waals surface area contributed by atoms with E-state index in [-0.39, 0.29) is 16.9 Å². The third-order valence-corrected chi connectivity index (χ3v) is 3.68. The second kappa shape index (κ2) is 5.83. The maximum Gasteiger partial charge on any atom is 0.146 e. The van der Waals surface area contributed by atoms with Gasteiger partial charge in [-0.25, -0.2) is 4.39 Å². The van der Waals surface area contributed by atoms with E-state index < -0.39 is 0 Å². The second-order valence-corrected chi connectivity index (χ2v) is 4.77. The molecule has 0 aromatic heterocycles. The molecule has 0 saturated heterocycles. The van der Waals surface area contributed by atoms with Gasteiger partial charge < -0.3 is 5.73 Å². The van der Waals surface area contributed by atoms with Crippen LogP contribution in [0.5, 0.6) is 0 Å². The molecule has 2 N–H and O–H groups in total. The summed E-state index contributed by atoms with van der Waals surface area (Å²) in [6, 6.07) is 3.64. The molecule has 0 aliphatic carbocycles. The van der Waals surface area contributed by atoms with Crippen LogP contribution in [-0.4, -0.2) is 6.04 Å². The van der Waals surface area contributed by atoms with Gasteiger partial charge in [0.1, 0.15) is 5.82 Å². The molecule has 0 amide bonds. The molecule has 15 heavy (non-hydrogen) atoms. The monoisotopic (exact) mass is 293 g/mol. The molecule has 4 heteroatoms. The molecular weight excluding hydrogens is 280 g/mol. The standard InChI is InChI=1S/C11H14BrClFN/c1-2-8(15)5-3-7-4-6-9(12)10(13)11(7)14/h4,6,8H,2-3,5,15H2,1H3. The molecule has 1 nitrogen and oxygen atoms in total. The summed E-state index contributed by atoms with van der Waals surface area (Å²) in [6.45, 7) is 2.02. The Balaban J connectivity index is 2.74. The fourth-order valence-corrected chi connectivity index (χ4v) is 1.79. The summed E-state index contributed by atoms with van der Waals surface area (Å²) < 4.78 is 14.2. The van der Waals surface area contributed by atoms with Gasteiger partial charge in [-0.2, -0.15) is 0 Å². The van der Waals surface area contributed by atoms with E-state index in [0.29, 0.717) is 16.5 Å².